The van der Waals surface area contributed by atoms with Gasteiger partial charge >= 0.3 is 6.18 Å². The van der Waals surface area contributed by atoms with Gasteiger partial charge in [0.2, 0.25) is 11.8 Å². The number of hydrogen-bond acceptors (Lipinski definition) is 2. The van der Waals surface area contributed by atoms with Gasteiger partial charge in [0, 0.05) is 0 Å². The van der Waals surface area contributed by atoms with Crippen LogP contribution in [0.15, 0.2) is 72.8 Å². The van der Waals surface area contributed by atoms with Crippen molar-refractivity contribution in [3.8, 4) is 0 Å². The highest BCUT2D eigenvalue weighted by atomic mass is 35.5. The summed E-state index contributed by atoms with van der Waals surface area (Å²) in [4.78, 5) is 25.6. The van der Waals surface area contributed by atoms with E-state index in [2.05, 4.69) is 0 Å². The van der Waals surface area contributed by atoms with Crippen LogP contribution in [0.3, 0.4) is 0 Å². The predicted octanol–water partition coefficient (Wildman–Crippen LogP) is 5.80. The minimum Gasteiger partial charge on any atom is -0.274 e. The van der Waals surface area contributed by atoms with Crippen LogP contribution in [0.2, 0.25) is 0 Å². The largest absolute Gasteiger partial charge is 0.416 e. The first-order chi connectivity index (χ1) is 15.6. The summed E-state index contributed by atoms with van der Waals surface area (Å²) in [7, 11) is 0. The fourth-order valence-corrected chi connectivity index (χ4v) is 6.84. The molecule has 1 fully saturated rings. The van der Waals surface area contributed by atoms with Crippen molar-refractivity contribution >= 4 is 40.7 Å². The molecular weight excluding hydrogens is 474 g/mol. The van der Waals surface area contributed by atoms with Gasteiger partial charge in [0.15, 0.2) is 0 Å². The summed E-state index contributed by atoms with van der Waals surface area (Å²) in [5, 5.41) is 0. The molecule has 33 heavy (non-hydrogen) atoms. The molecule has 3 aliphatic carbocycles. The molecule has 8 heteroatoms. The maximum Gasteiger partial charge on any atom is 0.416 e. The molecule has 0 unspecified atom stereocenters. The highest BCUT2D eigenvalue weighted by Crippen LogP contribution is 2.69. The Labute approximate surface area is 196 Å². The van der Waals surface area contributed by atoms with Crippen LogP contribution in [-0.2, 0) is 25.5 Å². The van der Waals surface area contributed by atoms with E-state index in [1.165, 1.54) is 12.1 Å². The van der Waals surface area contributed by atoms with Gasteiger partial charge in [-0.05, 0) is 40.5 Å². The number of amides is 2. The number of halogens is 5. The predicted molar refractivity (Wildman–Crippen MR) is 117 cm³/mol. The third-order valence-corrected chi connectivity index (χ3v) is 8.30. The van der Waals surface area contributed by atoms with Gasteiger partial charge in [-0.25, -0.2) is 4.90 Å². The third kappa shape index (κ3) is 2.38. The van der Waals surface area contributed by atoms with Gasteiger partial charge in [0.1, 0.15) is 9.75 Å². The average molecular weight is 488 g/mol. The minimum atomic E-state index is -4.62. The van der Waals surface area contributed by atoms with Crippen molar-refractivity contribution in [1.29, 1.82) is 0 Å². The van der Waals surface area contributed by atoms with Crippen LogP contribution in [0.4, 0.5) is 18.9 Å². The zero-order valence-corrected chi connectivity index (χ0v) is 18.2. The highest BCUT2D eigenvalue weighted by molar-refractivity contribution is 6.38. The Bertz CT molecular complexity index is 1250. The molecule has 0 radical (unpaired) electrons. The van der Waals surface area contributed by atoms with E-state index in [1.54, 1.807) is 48.5 Å². The van der Waals surface area contributed by atoms with Crippen molar-refractivity contribution in [3.05, 3.63) is 101 Å². The molecule has 0 N–H and O–H groups in total. The number of benzene rings is 3. The van der Waals surface area contributed by atoms with E-state index >= 15 is 0 Å². The molecule has 4 aliphatic rings. The normalized spacial score (nSPS) is 29.7. The molecule has 1 heterocycles. The maximum absolute atomic E-state index is 13.7. The molecule has 2 amide bonds. The lowest BCUT2D eigenvalue weighted by Crippen LogP contribution is -2.57. The van der Waals surface area contributed by atoms with Gasteiger partial charge in [-0.1, -0.05) is 54.6 Å². The van der Waals surface area contributed by atoms with Gasteiger partial charge < -0.3 is 0 Å². The number of hydrogen-bond donors (Lipinski definition) is 0. The molecule has 1 aliphatic heterocycles. The second-order valence-corrected chi connectivity index (χ2v) is 9.72. The van der Waals surface area contributed by atoms with Crippen LogP contribution in [-0.4, -0.2) is 11.8 Å². The first-order valence-electron chi connectivity index (χ1n) is 10.2. The van der Waals surface area contributed by atoms with Gasteiger partial charge in [-0.15, -0.1) is 23.2 Å². The average Bonchev–Trinajstić information content (AvgIpc) is 3.08. The van der Waals surface area contributed by atoms with E-state index in [1.807, 2.05) is 0 Å². The van der Waals surface area contributed by atoms with Gasteiger partial charge in [0.25, 0.3) is 0 Å². The number of carbonyl (C=O) groups excluding carboxylic acids is 2. The summed E-state index contributed by atoms with van der Waals surface area (Å²) in [5.41, 5.74) is 1.43. The Morgan fingerprint density at radius 1 is 0.697 bits per heavy atom. The van der Waals surface area contributed by atoms with Crippen LogP contribution in [0.25, 0.3) is 0 Å². The maximum atomic E-state index is 13.7. The van der Waals surface area contributed by atoms with Gasteiger partial charge in [0.05, 0.1) is 23.1 Å². The second kappa shape index (κ2) is 6.39. The van der Waals surface area contributed by atoms with Crippen molar-refractivity contribution in [3.63, 3.8) is 0 Å². The van der Waals surface area contributed by atoms with E-state index in [0.29, 0.717) is 22.3 Å². The molecule has 7 rings (SSSR count). The Morgan fingerprint density at radius 3 is 1.52 bits per heavy atom. The Hall–Kier alpha value is -2.83. The molecule has 3 aromatic rings. The molecule has 3 nitrogen and oxygen atoms in total. The van der Waals surface area contributed by atoms with Crippen LogP contribution < -0.4 is 4.90 Å². The van der Waals surface area contributed by atoms with Gasteiger partial charge in [-0.2, -0.15) is 13.2 Å². The Morgan fingerprint density at radius 2 is 1.12 bits per heavy atom. The molecule has 1 saturated heterocycles. The number of alkyl halides is 5. The molecular formula is C25H14Cl2F3NO2. The van der Waals surface area contributed by atoms with Crippen molar-refractivity contribution in [2.24, 2.45) is 11.8 Å². The lowest BCUT2D eigenvalue weighted by Gasteiger charge is -2.54. The molecule has 2 atom stereocenters. The molecule has 166 valence electrons. The topological polar surface area (TPSA) is 37.4 Å². The van der Waals surface area contributed by atoms with E-state index < -0.39 is 45.1 Å². The summed E-state index contributed by atoms with van der Waals surface area (Å²) in [6.07, 6.45) is -4.62. The summed E-state index contributed by atoms with van der Waals surface area (Å²) in [5.74, 6) is -3.45. The van der Waals surface area contributed by atoms with Crippen LogP contribution in [0.1, 0.15) is 27.8 Å². The van der Waals surface area contributed by atoms with Crippen molar-refractivity contribution in [2.45, 2.75) is 15.9 Å². The smallest absolute Gasteiger partial charge is 0.274 e. The standard InChI is InChI=1S/C25H14Cl2F3NO2/c26-23-15-8-1-2-9-16(15)24(27,18-11-4-3-10-17(18)23)20-19(23)21(32)31(22(20)33)14-7-5-6-13(12-14)25(28,29)30/h1-12,19-20H/t19-,20-,23?,24?/m0/s1. The molecule has 0 saturated carbocycles. The van der Waals surface area contributed by atoms with Crippen molar-refractivity contribution < 1.29 is 22.8 Å². The monoisotopic (exact) mass is 487 g/mol. The summed E-state index contributed by atoms with van der Waals surface area (Å²) in [6, 6.07) is 18.5. The lowest BCUT2D eigenvalue weighted by atomic mass is 9.54. The quantitative estimate of drug-likeness (QED) is 0.321. The van der Waals surface area contributed by atoms with Crippen LogP contribution >= 0.6 is 23.2 Å². The number of anilines is 1. The third-order valence-electron chi connectivity index (χ3n) is 7.02. The number of carbonyl (C=O) groups is 2. The fourth-order valence-electron chi connectivity index (χ4n) is 5.74. The van der Waals surface area contributed by atoms with Crippen molar-refractivity contribution in [2.75, 3.05) is 4.90 Å². The van der Waals surface area contributed by atoms with Crippen LogP contribution in [0, 0.1) is 11.8 Å². The van der Waals surface area contributed by atoms with E-state index in [4.69, 9.17) is 23.2 Å². The van der Waals surface area contributed by atoms with E-state index in [-0.39, 0.29) is 5.69 Å². The zero-order chi connectivity index (χ0) is 23.3. The number of rotatable bonds is 1. The van der Waals surface area contributed by atoms with E-state index in [0.717, 1.165) is 17.0 Å². The summed E-state index contributed by atoms with van der Waals surface area (Å²) in [6.45, 7) is 0. The molecule has 0 spiro atoms. The van der Waals surface area contributed by atoms with Crippen LogP contribution in [0.5, 0.6) is 0 Å². The lowest BCUT2D eigenvalue weighted by molar-refractivity contribution is -0.137. The second-order valence-electron chi connectivity index (χ2n) is 8.53. The molecule has 3 aromatic carbocycles. The summed E-state index contributed by atoms with van der Waals surface area (Å²) >= 11 is 14.6. The number of nitrogens with zero attached hydrogens (tertiary/aromatic N) is 1. The minimum absolute atomic E-state index is 0.151. The Kier molecular flexibility index (Phi) is 4.02. The highest BCUT2D eigenvalue weighted by Gasteiger charge is 2.73. The Balaban J connectivity index is 1.60. The SMILES string of the molecule is O=C1[C@@H]2[C@@H](C(=O)N1c1cccc(C(F)(F)F)c1)C1(Cl)c3ccccc3C2(Cl)c2ccccc21. The first-order valence-corrected chi connectivity index (χ1v) is 11.0. The molecule has 2 bridgehead atoms. The van der Waals surface area contributed by atoms with E-state index in [9.17, 15) is 22.8 Å². The fraction of sp³-hybridized carbons (Fsp3) is 0.200. The number of imide groups is 1. The zero-order valence-electron chi connectivity index (χ0n) is 16.7. The molecule has 0 aromatic heterocycles. The first kappa shape index (κ1) is 20.8. The van der Waals surface area contributed by atoms with Gasteiger partial charge in [-0.3, -0.25) is 9.59 Å². The summed E-state index contributed by atoms with van der Waals surface area (Å²) < 4.78 is 40.0. The van der Waals surface area contributed by atoms with Crippen molar-refractivity contribution in [1.82, 2.24) is 0 Å².